The second-order valence-corrected chi connectivity index (χ2v) is 10.7. The van der Waals surface area contributed by atoms with Crippen LogP contribution < -0.4 is 26.6 Å². The average Bonchev–Trinajstić information content (AvgIpc) is 3.50. The Bertz CT molecular complexity index is 1810. The number of nitrogens with zero attached hydrogens (tertiary/aromatic N) is 6. The van der Waals surface area contributed by atoms with E-state index < -0.39 is 6.02 Å². The minimum Gasteiger partial charge on any atom is -0.383 e. The average molecular weight is 542 g/mol. The van der Waals surface area contributed by atoms with E-state index in [0.29, 0.717) is 51.2 Å². The Balaban J connectivity index is 1.66. The molecule has 41 heavy (non-hydrogen) atoms. The third kappa shape index (κ3) is 5.86. The lowest BCUT2D eigenvalue weighted by molar-refractivity contribution is 0.443. The molecule has 0 aliphatic carbocycles. The van der Waals surface area contributed by atoms with Crippen molar-refractivity contribution in [3.63, 3.8) is 0 Å². The van der Waals surface area contributed by atoms with E-state index in [1.807, 2.05) is 6.07 Å². The summed E-state index contributed by atoms with van der Waals surface area (Å²) in [6, 6.07) is 18.8. The lowest BCUT2D eigenvalue weighted by atomic mass is 9.96. The van der Waals surface area contributed by atoms with Crippen LogP contribution in [0, 0.1) is 39.4 Å². The SMILES string of the molecule is [2H]C(Nc1cc(C#N)c2ncc(C#N)c(NCC(C)(C)C)c2c1)(C1=CN(c2cccnc2)NN1)c1cccc(C#N)c1. The number of hydrogen-bond acceptors (Lipinski definition) is 10. The second-order valence-electron chi connectivity index (χ2n) is 10.7. The number of benzene rings is 2. The molecular weight excluding hydrogens is 512 g/mol. The van der Waals surface area contributed by atoms with Gasteiger partial charge in [0.05, 0.1) is 58.9 Å². The van der Waals surface area contributed by atoms with Gasteiger partial charge in [-0.05, 0) is 47.4 Å². The third-order valence-corrected chi connectivity index (χ3v) is 6.32. The Hall–Kier alpha value is -5.63. The molecule has 0 spiro atoms. The Morgan fingerprint density at radius 2 is 1.85 bits per heavy atom. The van der Waals surface area contributed by atoms with Gasteiger partial charge in [-0.1, -0.05) is 32.9 Å². The molecule has 202 valence electrons. The lowest BCUT2D eigenvalue weighted by Crippen LogP contribution is -2.37. The molecule has 4 aromatic rings. The van der Waals surface area contributed by atoms with Crippen LogP contribution >= 0.6 is 0 Å². The number of rotatable bonds is 7. The number of pyridine rings is 2. The van der Waals surface area contributed by atoms with E-state index in [9.17, 15) is 17.2 Å². The predicted molar refractivity (Wildman–Crippen MR) is 158 cm³/mol. The quantitative estimate of drug-likeness (QED) is 0.245. The van der Waals surface area contributed by atoms with Crippen LogP contribution in [0.15, 0.2) is 79.0 Å². The van der Waals surface area contributed by atoms with Gasteiger partial charge in [-0.25, -0.2) is 0 Å². The second kappa shape index (κ2) is 11.2. The van der Waals surface area contributed by atoms with Gasteiger partial charge in [-0.15, -0.1) is 5.53 Å². The number of hydrogen-bond donors (Lipinski definition) is 4. The zero-order chi connectivity index (χ0) is 29.9. The van der Waals surface area contributed by atoms with E-state index in [4.69, 9.17) is 0 Å². The van der Waals surface area contributed by atoms with E-state index in [-0.39, 0.29) is 11.0 Å². The first kappa shape index (κ1) is 25.6. The van der Waals surface area contributed by atoms with Crippen LogP contribution in [-0.2, 0) is 0 Å². The maximum atomic E-state index is 10.1. The largest absolute Gasteiger partial charge is 0.383 e. The molecule has 1 aliphatic rings. The van der Waals surface area contributed by atoms with Crippen LogP contribution in [-0.4, -0.2) is 16.5 Å². The van der Waals surface area contributed by atoms with Crippen LogP contribution in [0.5, 0.6) is 0 Å². The fourth-order valence-electron chi connectivity index (χ4n) is 4.35. The number of fused-ring (bicyclic) bond motifs is 1. The van der Waals surface area contributed by atoms with Crippen molar-refractivity contribution in [2.45, 2.75) is 26.8 Å². The van der Waals surface area contributed by atoms with Crippen LogP contribution in [0.2, 0.25) is 0 Å². The van der Waals surface area contributed by atoms with Gasteiger partial charge >= 0.3 is 0 Å². The lowest BCUT2D eigenvalue weighted by Gasteiger charge is -2.23. The van der Waals surface area contributed by atoms with Gasteiger partial charge in [0.25, 0.3) is 0 Å². The number of anilines is 3. The van der Waals surface area contributed by atoms with Crippen LogP contribution in [0.3, 0.4) is 0 Å². The molecule has 0 fully saturated rings. The molecule has 0 saturated heterocycles. The van der Waals surface area contributed by atoms with E-state index in [1.54, 1.807) is 66.1 Å². The van der Waals surface area contributed by atoms with E-state index in [0.717, 1.165) is 5.69 Å². The van der Waals surface area contributed by atoms with Crippen molar-refractivity contribution in [1.82, 2.24) is 20.9 Å². The number of hydrazine groups is 2. The van der Waals surface area contributed by atoms with Gasteiger partial charge < -0.3 is 16.1 Å². The molecule has 2 aromatic heterocycles. The minimum absolute atomic E-state index is 0.0773. The summed E-state index contributed by atoms with van der Waals surface area (Å²) in [5.74, 6) is 0. The molecule has 0 bridgehead atoms. The Morgan fingerprint density at radius 1 is 1.02 bits per heavy atom. The summed E-state index contributed by atoms with van der Waals surface area (Å²) in [6.07, 6.45) is 6.55. The molecule has 1 atom stereocenters. The van der Waals surface area contributed by atoms with Crippen molar-refractivity contribution in [2.24, 2.45) is 5.41 Å². The summed E-state index contributed by atoms with van der Waals surface area (Å²) in [5.41, 5.74) is 10.2. The maximum absolute atomic E-state index is 10.1. The standard InChI is InChI=1S/C31H28N10/c1-31(2,3)19-37-29-23(15-34)16-36-28-22(14-33)11-24(12-26(28)29)38-30(21-7-4-6-20(10-21)13-32)27-18-41(40-39-27)25-8-5-9-35-17-25/h4-12,16-18,30,38-40H,19H2,1-3H3,(H,36,37)/i30D. The van der Waals surface area contributed by atoms with E-state index in [1.165, 1.54) is 6.20 Å². The summed E-state index contributed by atoms with van der Waals surface area (Å²) >= 11 is 0. The van der Waals surface area contributed by atoms with Crippen LogP contribution in [0.25, 0.3) is 10.9 Å². The summed E-state index contributed by atoms with van der Waals surface area (Å²) in [4.78, 5) is 8.59. The first-order chi connectivity index (χ1) is 20.1. The Morgan fingerprint density at radius 3 is 2.56 bits per heavy atom. The monoisotopic (exact) mass is 541 g/mol. The van der Waals surface area contributed by atoms with Gasteiger partial charge in [-0.2, -0.15) is 15.8 Å². The number of nitriles is 3. The number of aromatic nitrogens is 2. The van der Waals surface area contributed by atoms with Crippen molar-refractivity contribution >= 4 is 28.0 Å². The highest BCUT2D eigenvalue weighted by molar-refractivity contribution is 5.99. The Kier molecular flexibility index (Phi) is 7.02. The summed E-state index contributed by atoms with van der Waals surface area (Å²) < 4.78 is 9.75. The van der Waals surface area contributed by atoms with Gasteiger partial charge in [-0.3, -0.25) is 15.0 Å². The molecule has 1 unspecified atom stereocenters. The highest BCUT2D eigenvalue weighted by atomic mass is 15.7. The Labute approximate surface area is 239 Å². The van der Waals surface area contributed by atoms with Crippen molar-refractivity contribution in [3.8, 4) is 18.2 Å². The molecule has 3 heterocycles. The topological polar surface area (TPSA) is 149 Å². The molecule has 4 N–H and O–H groups in total. The highest BCUT2D eigenvalue weighted by Crippen LogP contribution is 2.35. The zero-order valence-electron chi connectivity index (χ0n) is 23.8. The van der Waals surface area contributed by atoms with Gasteiger partial charge in [0.15, 0.2) is 0 Å². The molecule has 0 radical (unpaired) electrons. The van der Waals surface area contributed by atoms with Crippen LogP contribution in [0.1, 0.15) is 50.4 Å². The predicted octanol–water partition coefficient (Wildman–Crippen LogP) is 5.23. The first-order valence-corrected chi connectivity index (χ1v) is 12.9. The van der Waals surface area contributed by atoms with E-state index >= 15 is 0 Å². The summed E-state index contributed by atoms with van der Waals surface area (Å²) in [6.45, 7) is 6.82. The van der Waals surface area contributed by atoms with E-state index in [2.05, 4.69) is 70.5 Å². The highest BCUT2D eigenvalue weighted by Gasteiger charge is 2.25. The molecule has 1 aliphatic heterocycles. The molecule has 0 saturated carbocycles. The first-order valence-electron chi connectivity index (χ1n) is 13.4. The molecule has 0 amide bonds. The zero-order valence-corrected chi connectivity index (χ0v) is 22.8. The van der Waals surface area contributed by atoms with Crippen molar-refractivity contribution in [2.75, 3.05) is 22.2 Å². The van der Waals surface area contributed by atoms with Gasteiger partial charge in [0, 0.05) is 36.2 Å². The van der Waals surface area contributed by atoms with Crippen molar-refractivity contribution in [1.29, 1.82) is 15.8 Å². The third-order valence-electron chi connectivity index (χ3n) is 6.32. The van der Waals surface area contributed by atoms with Gasteiger partial charge in [0.2, 0.25) is 0 Å². The summed E-state index contributed by atoms with van der Waals surface area (Å²) in [5, 5.41) is 38.4. The summed E-state index contributed by atoms with van der Waals surface area (Å²) in [7, 11) is 0. The van der Waals surface area contributed by atoms with Gasteiger partial charge in [0.1, 0.15) is 12.1 Å². The molecular formula is C31H28N10. The molecule has 10 heteroatoms. The fourth-order valence-corrected chi connectivity index (χ4v) is 4.35. The normalized spacial score (nSPS) is 14.5. The molecule has 5 rings (SSSR count). The van der Waals surface area contributed by atoms with Crippen molar-refractivity contribution in [3.05, 3.63) is 101 Å². The molecule has 2 aromatic carbocycles. The fraction of sp³-hybridized carbons (Fsp3) is 0.194. The van der Waals surface area contributed by atoms with Crippen LogP contribution in [0.4, 0.5) is 17.1 Å². The smallest absolute Gasteiger partial charge is 0.103 e. The maximum Gasteiger partial charge on any atom is 0.103 e. The number of nitrogens with one attached hydrogen (secondary N) is 4. The molecule has 10 nitrogen and oxygen atoms in total. The minimum atomic E-state index is -1.64. The van der Waals surface area contributed by atoms with Crippen molar-refractivity contribution < 1.29 is 1.37 Å².